The summed E-state index contributed by atoms with van der Waals surface area (Å²) in [6.45, 7) is 7.38. The molecule has 0 amide bonds. The van der Waals surface area contributed by atoms with Crippen LogP contribution in [-0.4, -0.2) is 30.2 Å². The lowest BCUT2D eigenvalue weighted by atomic mass is 10.3. The largest absolute Gasteiger partial charge is 0.469 e. The maximum Gasteiger partial charge on any atom is 0.305 e. The molecule has 0 rings (SSSR count). The summed E-state index contributed by atoms with van der Waals surface area (Å²) in [6, 6.07) is 0. The Balaban J connectivity index is -0.000000187. The molecule has 18 heavy (non-hydrogen) atoms. The number of carbonyl (C=O) groups excluding carboxylic acids is 3. The highest BCUT2D eigenvalue weighted by atomic mass is 32.2. The van der Waals surface area contributed by atoms with Crippen LogP contribution in [0.5, 0.6) is 0 Å². The summed E-state index contributed by atoms with van der Waals surface area (Å²) in [5.74, 6) is 0.185. The second-order valence-electron chi connectivity index (χ2n) is 3.11. The van der Waals surface area contributed by atoms with Gasteiger partial charge in [-0.1, -0.05) is 39.5 Å². The van der Waals surface area contributed by atoms with Crippen LogP contribution >= 0.6 is 11.8 Å². The van der Waals surface area contributed by atoms with Crippen molar-refractivity contribution in [2.24, 2.45) is 0 Å². The summed E-state index contributed by atoms with van der Waals surface area (Å²) in [5, 5.41) is 0.259. The lowest BCUT2D eigenvalue weighted by Crippen LogP contribution is -1.94. The minimum atomic E-state index is -0.157. The highest BCUT2D eigenvalue weighted by Crippen LogP contribution is 1.95. The number of carbonyl (C=O) groups is 3. The average molecular weight is 278 g/mol. The molecule has 0 radical (unpaired) electrons. The fourth-order valence-electron chi connectivity index (χ4n) is 0.539. The van der Waals surface area contributed by atoms with Gasteiger partial charge in [0.15, 0.2) is 5.12 Å². The third-order valence-corrected chi connectivity index (χ3v) is 2.57. The summed E-state index contributed by atoms with van der Waals surface area (Å²) >= 11 is 1.29. The summed E-state index contributed by atoms with van der Waals surface area (Å²) in [6.07, 6.45) is 4.30. The first-order valence-electron chi connectivity index (χ1n) is 6.08. The standard InChI is InChI=1S/C5H10O.C4H8O2.C4H8OS/c1-3-5(6)4-2;2*1-3-4(5)6-2/h3-4H2,1-2H3;2*3H2,1-2H3. The zero-order valence-electron chi connectivity index (χ0n) is 12.4. The van der Waals surface area contributed by atoms with Gasteiger partial charge in [-0.2, -0.15) is 0 Å². The molecule has 0 aromatic heterocycles. The van der Waals surface area contributed by atoms with Crippen LogP contribution in [0.2, 0.25) is 0 Å². The molecule has 0 saturated carbocycles. The molecule has 5 heteroatoms. The summed E-state index contributed by atoms with van der Waals surface area (Å²) in [4.78, 5) is 30.3. The average Bonchev–Trinajstić information content (AvgIpc) is 2.45. The van der Waals surface area contributed by atoms with Crippen LogP contribution in [0.1, 0.15) is 53.4 Å². The van der Waals surface area contributed by atoms with Crippen LogP contribution in [0, 0.1) is 0 Å². The fraction of sp³-hybridized carbons (Fsp3) is 0.769. The van der Waals surface area contributed by atoms with E-state index in [-0.39, 0.29) is 11.1 Å². The molecule has 0 unspecified atom stereocenters. The van der Waals surface area contributed by atoms with Crippen LogP contribution in [-0.2, 0) is 19.1 Å². The van der Waals surface area contributed by atoms with E-state index in [4.69, 9.17) is 0 Å². The van der Waals surface area contributed by atoms with E-state index in [1.165, 1.54) is 18.9 Å². The van der Waals surface area contributed by atoms with Crippen molar-refractivity contribution in [1.29, 1.82) is 0 Å². The van der Waals surface area contributed by atoms with Crippen molar-refractivity contribution in [2.45, 2.75) is 53.4 Å². The number of thioether (sulfide) groups is 1. The van der Waals surface area contributed by atoms with Crippen molar-refractivity contribution in [2.75, 3.05) is 13.4 Å². The quantitative estimate of drug-likeness (QED) is 0.739. The summed E-state index contributed by atoms with van der Waals surface area (Å²) < 4.78 is 4.26. The Labute approximate surface area is 115 Å². The van der Waals surface area contributed by atoms with Crippen LogP contribution in [0.25, 0.3) is 0 Å². The predicted molar refractivity (Wildman–Crippen MR) is 76.7 cm³/mol. The number of hydrogen-bond donors (Lipinski definition) is 0. The lowest BCUT2D eigenvalue weighted by molar-refractivity contribution is -0.140. The molecule has 0 aromatic rings. The summed E-state index contributed by atoms with van der Waals surface area (Å²) in [7, 11) is 1.38. The van der Waals surface area contributed by atoms with Crippen molar-refractivity contribution < 1.29 is 19.1 Å². The van der Waals surface area contributed by atoms with Gasteiger partial charge in [0, 0.05) is 25.7 Å². The van der Waals surface area contributed by atoms with Crippen molar-refractivity contribution in [3.63, 3.8) is 0 Å². The second kappa shape index (κ2) is 18.5. The molecule has 0 atom stereocenters. The predicted octanol–water partition coefficient (Wildman–Crippen LogP) is 3.23. The van der Waals surface area contributed by atoms with Crippen molar-refractivity contribution in [3.8, 4) is 0 Å². The maximum atomic E-state index is 10.2. The SMILES string of the molecule is CCC(=O)CC.CCC(=O)OC.CCC(=O)SC. The van der Waals surface area contributed by atoms with Gasteiger partial charge in [0.2, 0.25) is 0 Å². The van der Waals surface area contributed by atoms with E-state index in [1.807, 2.05) is 20.8 Å². The fourth-order valence-corrected chi connectivity index (χ4v) is 0.827. The molecule has 0 heterocycles. The molecule has 4 nitrogen and oxygen atoms in total. The number of esters is 1. The molecular formula is C13H26O4S. The number of rotatable bonds is 4. The topological polar surface area (TPSA) is 60.4 Å². The van der Waals surface area contributed by atoms with E-state index >= 15 is 0 Å². The van der Waals surface area contributed by atoms with Crippen molar-refractivity contribution in [1.82, 2.24) is 0 Å². The Morgan fingerprint density at radius 2 is 1.33 bits per heavy atom. The first kappa shape index (κ1) is 22.3. The Morgan fingerprint density at radius 1 is 0.889 bits per heavy atom. The van der Waals surface area contributed by atoms with Gasteiger partial charge in [0.05, 0.1) is 7.11 Å². The molecule has 0 aliphatic carbocycles. The molecule has 108 valence electrons. The molecule has 0 aliphatic rings. The van der Waals surface area contributed by atoms with Crippen molar-refractivity contribution >= 4 is 28.6 Å². The van der Waals surface area contributed by atoms with Gasteiger partial charge in [-0.15, -0.1) is 0 Å². The Kier molecular flexibility index (Phi) is 23.0. The van der Waals surface area contributed by atoms with E-state index in [9.17, 15) is 14.4 Å². The second-order valence-corrected chi connectivity index (χ2v) is 3.97. The van der Waals surface area contributed by atoms with Gasteiger partial charge in [0.1, 0.15) is 5.78 Å². The number of Topliss-reactive ketones (excluding diaryl/α,β-unsaturated/α-hetero) is 1. The Bertz CT molecular complexity index is 171. The number of hydrogen-bond acceptors (Lipinski definition) is 5. The molecule has 0 fully saturated rings. The molecule has 0 spiro atoms. The van der Waals surface area contributed by atoms with Gasteiger partial charge in [-0.3, -0.25) is 14.4 Å². The van der Waals surface area contributed by atoms with E-state index in [0.29, 0.717) is 31.5 Å². The highest BCUT2D eigenvalue weighted by Gasteiger charge is 1.88. The first-order chi connectivity index (χ1) is 8.42. The first-order valence-corrected chi connectivity index (χ1v) is 7.30. The zero-order chi connectivity index (χ0) is 15.0. The molecule has 0 aliphatic heterocycles. The van der Waals surface area contributed by atoms with Crippen LogP contribution in [0.4, 0.5) is 0 Å². The zero-order valence-corrected chi connectivity index (χ0v) is 13.2. The van der Waals surface area contributed by atoms with Gasteiger partial charge >= 0.3 is 5.97 Å². The van der Waals surface area contributed by atoms with E-state index in [1.54, 1.807) is 13.2 Å². The third kappa shape index (κ3) is 24.4. The molecule has 0 bridgehead atoms. The van der Waals surface area contributed by atoms with E-state index in [2.05, 4.69) is 4.74 Å². The van der Waals surface area contributed by atoms with Gasteiger partial charge in [0.25, 0.3) is 0 Å². The summed E-state index contributed by atoms with van der Waals surface area (Å²) in [5.41, 5.74) is 0. The Morgan fingerprint density at radius 3 is 1.33 bits per heavy atom. The molecule has 0 saturated heterocycles. The minimum absolute atomic E-state index is 0.157. The van der Waals surface area contributed by atoms with Crippen LogP contribution in [0.3, 0.4) is 0 Å². The normalized spacial score (nSPS) is 8.11. The van der Waals surface area contributed by atoms with Gasteiger partial charge in [-0.25, -0.2) is 0 Å². The minimum Gasteiger partial charge on any atom is -0.469 e. The Hall–Kier alpha value is -0.840. The van der Waals surface area contributed by atoms with Crippen molar-refractivity contribution in [3.05, 3.63) is 0 Å². The monoisotopic (exact) mass is 278 g/mol. The number of ketones is 1. The van der Waals surface area contributed by atoms with Gasteiger partial charge in [-0.05, 0) is 6.26 Å². The van der Waals surface area contributed by atoms with Gasteiger partial charge < -0.3 is 4.74 Å². The number of methoxy groups -OCH3 is 1. The number of ether oxygens (including phenoxy) is 1. The van der Waals surface area contributed by atoms with Crippen LogP contribution in [0.15, 0.2) is 0 Å². The third-order valence-electron chi connectivity index (χ3n) is 1.82. The molecule has 0 aromatic carbocycles. The molecule has 0 N–H and O–H groups in total. The van der Waals surface area contributed by atoms with E-state index < -0.39 is 0 Å². The molecular weight excluding hydrogens is 252 g/mol. The smallest absolute Gasteiger partial charge is 0.305 e. The lowest BCUT2D eigenvalue weighted by Gasteiger charge is -1.87. The van der Waals surface area contributed by atoms with E-state index in [0.717, 1.165) is 0 Å². The maximum absolute atomic E-state index is 10.2. The highest BCUT2D eigenvalue weighted by molar-refractivity contribution is 8.13. The van der Waals surface area contributed by atoms with Crippen LogP contribution < -0.4 is 0 Å².